The molecule has 0 aromatic carbocycles. The lowest BCUT2D eigenvalue weighted by Gasteiger charge is -2.43. The van der Waals surface area contributed by atoms with Crippen molar-refractivity contribution in [1.82, 2.24) is 24.8 Å². The molecule has 1 aromatic heterocycles. The topological polar surface area (TPSA) is 82.8 Å². The maximum atomic E-state index is 12.5. The van der Waals surface area contributed by atoms with Gasteiger partial charge in [-0.15, -0.1) is 0 Å². The molecule has 8 heteroatoms. The molecule has 0 aliphatic carbocycles. The highest BCUT2D eigenvalue weighted by molar-refractivity contribution is 5.83. The summed E-state index contributed by atoms with van der Waals surface area (Å²) >= 11 is 0. The van der Waals surface area contributed by atoms with E-state index in [-0.39, 0.29) is 23.8 Å². The van der Waals surface area contributed by atoms with Crippen LogP contribution in [0.25, 0.3) is 0 Å². The Kier molecular flexibility index (Phi) is 3.86. The molecule has 0 N–H and O–H groups in total. The highest BCUT2D eigenvalue weighted by Gasteiger charge is 2.39. The summed E-state index contributed by atoms with van der Waals surface area (Å²) in [5.41, 5.74) is 0. The van der Waals surface area contributed by atoms with Gasteiger partial charge in [0.05, 0.1) is 5.92 Å². The maximum absolute atomic E-state index is 12.5. The Balaban J connectivity index is 1.63. The normalized spacial score (nSPS) is 23.5. The molecule has 2 amide bonds. The minimum atomic E-state index is -0.0719. The summed E-state index contributed by atoms with van der Waals surface area (Å²) in [5.74, 6) is 1.23. The molecule has 2 saturated heterocycles. The highest BCUT2D eigenvalue weighted by Crippen LogP contribution is 2.25. The standard InChI is InChI=1S/C14H21N5O3/c1-9-15-13(22-16-9)12-8-18(5-4-17(12)3)14(21)11-6-19(7-11)10(2)20/h11-12H,4-8H2,1-3H3/t12-/m0/s1. The lowest BCUT2D eigenvalue weighted by atomic mass is 9.97. The van der Waals surface area contributed by atoms with Gasteiger partial charge in [-0.3, -0.25) is 14.5 Å². The van der Waals surface area contributed by atoms with Crippen molar-refractivity contribution in [2.75, 3.05) is 39.8 Å². The molecule has 2 aliphatic rings. The lowest BCUT2D eigenvalue weighted by molar-refractivity contribution is -0.149. The van der Waals surface area contributed by atoms with Gasteiger partial charge in [-0.05, 0) is 14.0 Å². The predicted octanol–water partition coefficient (Wildman–Crippen LogP) is -0.329. The van der Waals surface area contributed by atoms with Crippen LogP contribution in [0.2, 0.25) is 0 Å². The fraction of sp³-hybridized carbons (Fsp3) is 0.714. The third-order valence-electron chi connectivity index (χ3n) is 4.46. The largest absolute Gasteiger partial charge is 0.341 e. The molecular formula is C14H21N5O3. The van der Waals surface area contributed by atoms with Crippen molar-refractivity contribution in [2.24, 2.45) is 5.92 Å². The Morgan fingerprint density at radius 1 is 1.18 bits per heavy atom. The SMILES string of the molecule is CC(=O)N1CC(C(=O)N2CCN(C)[C@H](c3nc(C)no3)C2)C1. The summed E-state index contributed by atoms with van der Waals surface area (Å²) < 4.78 is 5.26. The molecule has 22 heavy (non-hydrogen) atoms. The summed E-state index contributed by atoms with van der Waals surface area (Å²) in [6.45, 7) is 6.38. The molecule has 1 aromatic rings. The van der Waals surface area contributed by atoms with E-state index in [4.69, 9.17) is 4.52 Å². The minimum Gasteiger partial charge on any atom is -0.341 e. The molecule has 3 rings (SSSR count). The monoisotopic (exact) mass is 307 g/mol. The minimum absolute atomic E-state index is 0.0293. The van der Waals surface area contributed by atoms with Gasteiger partial charge in [0.1, 0.15) is 6.04 Å². The Morgan fingerprint density at radius 2 is 1.91 bits per heavy atom. The molecule has 0 bridgehead atoms. The molecule has 8 nitrogen and oxygen atoms in total. The zero-order chi connectivity index (χ0) is 15.9. The van der Waals surface area contributed by atoms with Gasteiger partial charge < -0.3 is 14.3 Å². The average Bonchev–Trinajstić information content (AvgIpc) is 2.83. The molecule has 2 aliphatic heterocycles. The second kappa shape index (κ2) is 5.68. The van der Waals surface area contributed by atoms with Gasteiger partial charge in [-0.1, -0.05) is 5.16 Å². The van der Waals surface area contributed by atoms with Crippen LogP contribution in [0.3, 0.4) is 0 Å². The summed E-state index contributed by atoms with van der Waals surface area (Å²) in [5, 5.41) is 3.83. The third-order valence-corrected chi connectivity index (χ3v) is 4.46. The van der Waals surface area contributed by atoms with E-state index in [1.54, 1.807) is 11.8 Å². The number of amides is 2. The quantitative estimate of drug-likeness (QED) is 0.744. The first-order valence-corrected chi connectivity index (χ1v) is 7.50. The number of hydrogen-bond donors (Lipinski definition) is 0. The van der Waals surface area contributed by atoms with Crippen LogP contribution in [0.15, 0.2) is 4.52 Å². The molecular weight excluding hydrogens is 286 g/mol. The molecule has 2 fully saturated rings. The van der Waals surface area contributed by atoms with Gasteiger partial charge in [0.25, 0.3) is 0 Å². The first-order chi connectivity index (χ1) is 10.5. The van der Waals surface area contributed by atoms with Crippen molar-refractivity contribution < 1.29 is 14.1 Å². The Hall–Kier alpha value is -1.96. The van der Waals surface area contributed by atoms with Crippen molar-refractivity contribution in [3.05, 3.63) is 11.7 Å². The first kappa shape index (κ1) is 15.0. The molecule has 1 atom stereocenters. The van der Waals surface area contributed by atoms with Crippen molar-refractivity contribution in [3.63, 3.8) is 0 Å². The van der Waals surface area contributed by atoms with Crippen molar-refractivity contribution in [1.29, 1.82) is 0 Å². The van der Waals surface area contributed by atoms with Gasteiger partial charge in [-0.25, -0.2) is 0 Å². The van der Waals surface area contributed by atoms with Crippen LogP contribution < -0.4 is 0 Å². The van der Waals surface area contributed by atoms with E-state index in [2.05, 4.69) is 15.0 Å². The second-order valence-corrected chi connectivity index (χ2v) is 6.08. The molecule has 0 unspecified atom stereocenters. The number of hydrogen-bond acceptors (Lipinski definition) is 6. The van der Waals surface area contributed by atoms with E-state index >= 15 is 0 Å². The summed E-state index contributed by atoms with van der Waals surface area (Å²) in [7, 11) is 1.99. The van der Waals surface area contributed by atoms with Crippen molar-refractivity contribution >= 4 is 11.8 Å². The van der Waals surface area contributed by atoms with Crippen LogP contribution >= 0.6 is 0 Å². The molecule has 3 heterocycles. The molecule has 0 radical (unpaired) electrons. The zero-order valence-corrected chi connectivity index (χ0v) is 13.2. The average molecular weight is 307 g/mol. The summed E-state index contributed by atoms with van der Waals surface area (Å²) in [6, 6.07) is -0.0668. The first-order valence-electron chi connectivity index (χ1n) is 7.50. The van der Waals surface area contributed by atoms with E-state index in [0.717, 1.165) is 6.54 Å². The Bertz CT molecular complexity index is 581. The molecule has 120 valence electrons. The zero-order valence-electron chi connectivity index (χ0n) is 13.2. The van der Waals surface area contributed by atoms with E-state index in [1.165, 1.54) is 6.92 Å². The number of aromatic nitrogens is 2. The van der Waals surface area contributed by atoms with Crippen LogP contribution in [0, 0.1) is 12.8 Å². The molecule has 0 spiro atoms. The Morgan fingerprint density at radius 3 is 2.50 bits per heavy atom. The number of rotatable bonds is 2. The molecule has 0 saturated carbocycles. The van der Waals surface area contributed by atoms with Gasteiger partial charge >= 0.3 is 0 Å². The maximum Gasteiger partial charge on any atom is 0.245 e. The predicted molar refractivity (Wildman–Crippen MR) is 76.7 cm³/mol. The number of nitrogens with zero attached hydrogens (tertiary/aromatic N) is 5. The third kappa shape index (κ3) is 2.70. The second-order valence-electron chi connectivity index (χ2n) is 6.08. The van der Waals surface area contributed by atoms with Gasteiger partial charge in [0.2, 0.25) is 17.7 Å². The van der Waals surface area contributed by atoms with Crippen molar-refractivity contribution in [3.8, 4) is 0 Å². The van der Waals surface area contributed by atoms with Crippen LogP contribution in [0.1, 0.15) is 24.7 Å². The van der Waals surface area contributed by atoms with Crippen molar-refractivity contribution in [2.45, 2.75) is 19.9 Å². The fourth-order valence-corrected chi connectivity index (χ4v) is 2.94. The van der Waals surface area contributed by atoms with E-state index in [0.29, 0.717) is 37.9 Å². The number of piperazine rings is 1. The van der Waals surface area contributed by atoms with E-state index < -0.39 is 0 Å². The van der Waals surface area contributed by atoms with Gasteiger partial charge in [0, 0.05) is 39.6 Å². The fourth-order valence-electron chi connectivity index (χ4n) is 2.94. The van der Waals surface area contributed by atoms with E-state index in [9.17, 15) is 9.59 Å². The van der Waals surface area contributed by atoms with Gasteiger partial charge in [-0.2, -0.15) is 4.98 Å². The number of aryl methyl sites for hydroxylation is 1. The van der Waals surface area contributed by atoms with Gasteiger partial charge in [0.15, 0.2) is 5.82 Å². The van der Waals surface area contributed by atoms with Crippen LogP contribution in [-0.2, 0) is 9.59 Å². The number of likely N-dealkylation sites (N-methyl/N-ethyl adjacent to an activating group) is 1. The highest BCUT2D eigenvalue weighted by atomic mass is 16.5. The Labute approximate surface area is 129 Å². The number of likely N-dealkylation sites (tertiary alicyclic amines) is 1. The van der Waals surface area contributed by atoms with Crippen LogP contribution in [-0.4, -0.2) is 76.4 Å². The van der Waals surface area contributed by atoms with Crippen LogP contribution in [0.4, 0.5) is 0 Å². The number of carbonyl (C=O) groups excluding carboxylic acids is 2. The summed E-state index contributed by atoms with van der Waals surface area (Å²) in [6.07, 6.45) is 0. The number of carbonyl (C=O) groups is 2. The van der Waals surface area contributed by atoms with E-state index in [1.807, 2.05) is 11.9 Å². The van der Waals surface area contributed by atoms with Crippen LogP contribution in [0.5, 0.6) is 0 Å². The lowest BCUT2D eigenvalue weighted by Crippen LogP contribution is -2.58. The smallest absolute Gasteiger partial charge is 0.245 e. The summed E-state index contributed by atoms with van der Waals surface area (Å²) in [4.78, 5) is 33.7.